The molecule has 0 saturated carbocycles. The van der Waals surface area contributed by atoms with E-state index in [0.29, 0.717) is 11.4 Å². The van der Waals surface area contributed by atoms with Crippen LogP contribution in [0.2, 0.25) is 0 Å². The maximum absolute atomic E-state index is 9.12. The minimum atomic E-state index is 0.593. The summed E-state index contributed by atoms with van der Waals surface area (Å²) in [7, 11) is 0. The van der Waals surface area contributed by atoms with Gasteiger partial charge in [-0.15, -0.1) is 0 Å². The fraction of sp³-hybridized carbons (Fsp3) is 0.143. The number of aromatic nitrogens is 1. The van der Waals surface area contributed by atoms with Crippen LogP contribution < -0.4 is 5.32 Å². The van der Waals surface area contributed by atoms with Crippen LogP contribution in [0.15, 0.2) is 36.5 Å². The van der Waals surface area contributed by atoms with Gasteiger partial charge >= 0.3 is 0 Å². The summed E-state index contributed by atoms with van der Waals surface area (Å²) in [6.45, 7) is 3.92. The van der Waals surface area contributed by atoms with Gasteiger partial charge in [-0.05, 0) is 37.1 Å². The quantitative estimate of drug-likeness (QED) is 0.849. The second kappa shape index (κ2) is 4.67. The molecule has 0 radical (unpaired) electrons. The highest BCUT2D eigenvalue weighted by Gasteiger charge is 2.07. The van der Waals surface area contributed by atoms with E-state index in [1.165, 1.54) is 0 Å². The van der Waals surface area contributed by atoms with E-state index in [0.717, 1.165) is 16.8 Å². The van der Waals surface area contributed by atoms with E-state index in [2.05, 4.69) is 16.4 Å². The van der Waals surface area contributed by atoms with Crippen molar-refractivity contribution in [2.75, 3.05) is 5.32 Å². The lowest BCUT2D eigenvalue weighted by Crippen LogP contribution is -1.99. The maximum atomic E-state index is 9.12. The van der Waals surface area contributed by atoms with E-state index in [9.17, 15) is 0 Å². The minimum Gasteiger partial charge on any atom is -0.339 e. The van der Waals surface area contributed by atoms with Crippen molar-refractivity contribution in [2.45, 2.75) is 13.8 Å². The molecular formula is C14H13N3. The van der Waals surface area contributed by atoms with Crippen LogP contribution in [0.3, 0.4) is 0 Å². The van der Waals surface area contributed by atoms with Crippen molar-refractivity contribution in [3.8, 4) is 6.07 Å². The van der Waals surface area contributed by atoms with Crippen molar-refractivity contribution in [3.63, 3.8) is 0 Å². The van der Waals surface area contributed by atoms with E-state index in [-0.39, 0.29) is 0 Å². The van der Waals surface area contributed by atoms with Gasteiger partial charge in [0.15, 0.2) is 0 Å². The molecule has 0 bridgehead atoms. The van der Waals surface area contributed by atoms with Crippen molar-refractivity contribution in [2.24, 2.45) is 0 Å². The zero-order valence-electron chi connectivity index (χ0n) is 9.86. The third-order valence-electron chi connectivity index (χ3n) is 2.67. The zero-order chi connectivity index (χ0) is 12.3. The molecule has 1 heterocycles. The smallest absolute Gasteiger partial charge is 0.148 e. The van der Waals surface area contributed by atoms with Crippen LogP contribution in [0.1, 0.15) is 16.7 Å². The number of nitrogens with one attached hydrogen (secondary N) is 1. The van der Waals surface area contributed by atoms with Gasteiger partial charge in [-0.2, -0.15) is 5.26 Å². The number of nitrogens with zero attached hydrogens (tertiary/aromatic N) is 2. The Morgan fingerprint density at radius 3 is 2.59 bits per heavy atom. The summed E-state index contributed by atoms with van der Waals surface area (Å²) >= 11 is 0. The molecule has 0 fully saturated rings. The molecule has 0 aliphatic rings. The third-order valence-corrected chi connectivity index (χ3v) is 2.67. The Bertz CT molecular complexity index is 582. The van der Waals surface area contributed by atoms with Gasteiger partial charge in [-0.1, -0.05) is 18.2 Å². The summed E-state index contributed by atoms with van der Waals surface area (Å²) in [5.74, 6) is 0.613. The van der Waals surface area contributed by atoms with Crippen molar-refractivity contribution >= 4 is 11.5 Å². The Labute approximate surface area is 101 Å². The lowest BCUT2D eigenvalue weighted by molar-refractivity contribution is 1.24. The van der Waals surface area contributed by atoms with Gasteiger partial charge in [0, 0.05) is 11.9 Å². The summed E-state index contributed by atoms with van der Waals surface area (Å²) in [5, 5.41) is 12.3. The fourth-order valence-corrected chi connectivity index (χ4v) is 1.63. The lowest BCUT2D eigenvalue weighted by atomic mass is 10.1. The normalized spacial score (nSPS) is 9.71. The van der Waals surface area contributed by atoms with Crippen molar-refractivity contribution in [1.82, 2.24) is 4.98 Å². The lowest BCUT2D eigenvalue weighted by Gasteiger charge is -2.10. The van der Waals surface area contributed by atoms with Crippen LogP contribution in [-0.4, -0.2) is 4.98 Å². The fourth-order valence-electron chi connectivity index (χ4n) is 1.63. The molecule has 1 N–H and O–H groups in total. The van der Waals surface area contributed by atoms with Gasteiger partial charge < -0.3 is 5.32 Å². The number of rotatable bonds is 2. The van der Waals surface area contributed by atoms with E-state index in [4.69, 9.17) is 5.26 Å². The highest BCUT2D eigenvalue weighted by atomic mass is 15.0. The molecule has 0 amide bonds. The average molecular weight is 223 g/mol. The highest BCUT2D eigenvalue weighted by molar-refractivity contribution is 5.66. The largest absolute Gasteiger partial charge is 0.339 e. The molecule has 0 aliphatic heterocycles. The van der Waals surface area contributed by atoms with E-state index in [1.54, 1.807) is 6.20 Å². The minimum absolute atomic E-state index is 0.593. The molecule has 3 heteroatoms. The molecule has 0 atom stereocenters. The first-order valence-corrected chi connectivity index (χ1v) is 5.40. The number of benzene rings is 1. The SMILES string of the molecule is Cc1ccccc1Nc1nccc(C)c1C#N. The number of anilines is 2. The molecular weight excluding hydrogens is 210 g/mol. The summed E-state index contributed by atoms with van der Waals surface area (Å²) < 4.78 is 0. The van der Waals surface area contributed by atoms with E-state index < -0.39 is 0 Å². The standard InChI is InChI=1S/C14H13N3/c1-10-7-8-16-14(12(10)9-15)17-13-6-4-3-5-11(13)2/h3-8H,1-2H3,(H,16,17). The van der Waals surface area contributed by atoms with Crippen molar-refractivity contribution < 1.29 is 0 Å². The van der Waals surface area contributed by atoms with Gasteiger partial charge in [-0.3, -0.25) is 0 Å². The van der Waals surface area contributed by atoms with Gasteiger partial charge in [0.1, 0.15) is 11.9 Å². The number of pyridine rings is 1. The second-order valence-electron chi connectivity index (χ2n) is 3.90. The van der Waals surface area contributed by atoms with Crippen LogP contribution in [0.25, 0.3) is 0 Å². The summed E-state index contributed by atoms with van der Waals surface area (Å²) in [4.78, 5) is 4.21. The van der Waals surface area contributed by atoms with Crippen LogP contribution in [0.5, 0.6) is 0 Å². The molecule has 3 nitrogen and oxygen atoms in total. The zero-order valence-corrected chi connectivity index (χ0v) is 9.86. The molecule has 0 spiro atoms. The Kier molecular flexibility index (Phi) is 3.06. The Morgan fingerprint density at radius 1 is 1.12 bits per heavy atom. The predicted octanol–water partition coefficient (Wildman–Crippen LogP) is 3.31. The Hall–Kier alpha value is -2.34. The van der Waals surface area contributed by atoms with Crippen molar-refractivity contribution in [3.05, 3.63) is 53.2 Å². The number of aryl methyl sites for hydroxylation is 2. The summed E-state index contributed by atoms with van der Waals surface area (Å²) in [6, 6.07) is 11.9. The first kappa shape index (κ1) is 11.2. The van der Waals surface area contributed by atoms with Gasteiger partial charge in [-0.25, -0.2) is 4.98 Å². The topological polar surface area (TPSA) is 48.7 Å². The first-order chi connectivity index (χ1) is 8.22. The maximum Gasteiger partial charge on any atom is 0.148 e. The molecule has 0 unspecified atom stereocenters. The molecule has 2 rings (SSSR count). The van der Waals surface area contributed by atoms with Crippen LogP contribution in [0, 0.1) is 25.2 Å². The summed E-state index contributed by atoms with van der Waals surface area (Å²) in [5.41, 5.74) is 3.62. The highest BCUT2D eigenvalue weighted by Crippen LogP contribution is 2.22. The van der Waals surface area contributed by atoms with Crippen LogP contribution >= 0.6 is 0 Å². The second-order valence-corrected chi connectivity index (χ2v) is 3.90. The summed E-state index contributed by atoms with van der Waals surface area (Å²) in [6.07, 6.45) is 1.71. The Morgan fingerprint density at radius 2 is 1.88 bits per heavy atom. The number of hydrogen-bond donors (Lipinski definition) is 1. The number of hydrogen-bond acceptors (Lipinski definition) is 3. The predicted molar refractivity (Wildman–Crippen MR) is 68.2 cm³/mol. The van der Waals surface area contributed by atoms with Crippen LogP contribution in [-0.2, 0) is 0 Å². The van der Waals surface area contributed by atoms with Crippen LogP contribution in [0.4, 0.5) is 11.5 Å². The Balaban J connectivity index is 2.41. The molecule has 2 aromatic rings. The average Bonchev–Trinajstić information content (AvgIpc) is 2.32. The monoisotopic (exact) mass is 223 g/mol. The van der Waals surface area contributed by atoms with Crippen molar-refractivity contribution in [1.29, 1.82) is 5.26 Å². The third kappa shape index (κ3) is 2.26. The van der Waals surface area contributed by atoms with E-state index >= 15 is 0 Å². The van der Waals surface area contributed by atoms with Gasteiger partial charge in [0.05, 0.1) is 5.56 Å². The number of para-hydroxylation sites is 1. The van der Waals surface area contributed by atoms with Gasteiger partial charge in [0.2, 0.25) is 0 Å². The number of nitriles is 1. The molecule has 0 saturated heterocycles. The molecule has 1 aromatic heterocycles. The molecule has 17 heavy (non-hydrogen) atoms. The van der Waals surface area contributed by atoms with E-state index in [1.807, 2.05) is 44.2 Å². The first-order valence-electron chi connectivity index (χ1n) is 5.40. The molecule has 84 valence electrons. The molecule has 0 aliphatic carbocycles. The molecule has 1 aromatic carbocycles. The van der Waals surface area contributed by atoms with Gasteiger partial charge in [0.25, 0.3) is 0 Å².